The van der Waals surface area contributed by atoms with Crippen LogP contribution in [0.2, 0.25) is 0 Å². The van der Waals surface area contributed by atoms with E-state index in [1.54, 1.807) is 11.8 Å². The summed E-state index contributed by atoms with van der Waals surface area (Å²) in [5.74, 6) is 0.814. The monoisotopic (exact) mass is 306 g/mol. The summed E-state index contributed by atoms with van der Waals surface area (Å²) in [5.41, 5.74) is 3.39. The van der Waals surface area contributed by atoms with Crippen LogP contribution < -0.4 is 10.1 Å². The van der Waals surface area contributed by atoms with E-state index in [0.717, 1.165) is 35.1 Å². The van der Waals surface area contributed by atoms with E-state index in [-0.39, 0.29) is 6.04 Å². The minimum atomic E-state index is 0.0641. The number of aryl methyl sites for hydroxylation is 4. The molecule has 1 unspecified atom stereocenters. The van der Waals surface area contributed by atoms with Crippen molar-refractivity contribution < 1.29 is 4.74 Å². The minimum absolute atomic E-state index is 0.0641. The lowest BCUT2D eigenvalue weighted by Crippen LogP contribution is -2.23. The molecule has 1 aliphatic rings. The van der Waals surface area contributed by atoms with Crippen molar-refractivity contribution in [2.45, 2.75) is 39.2 Å². The second-order valence-corrected chi connectivity index (χ2v) is 6.51. The molecule has 114 valence electrons. The molecule has 0 saturated heterocycles. The van der Waals surface area contributed by atoms with E-state index < -0.39 is 0 Å². The maximum Gasteiger partial charge on any atom is 0.216 e. The Hall–Kier alpha value is -1.40. The molecule has 2 aromatic heterocycles. The predicted molar refractivity (Wildman–Crippen MR) is 84.2 cm³/mol. The van der Waals surface area contributed by atoms with Crippen molar-refractivity contribution in [1.29, 1.82) is 0 Å². The molecule has 0 aliphatic heterocycles. The highest BCUT2D eigenvalue weighted by Crippen LogP contribution is 2.37. The Morgan fingerprint density at radius 3 is 2.90 bits per heavy atom. The summed E-state index contributed by atoms with van der Waals surface area (Å²) in [6.45, 7) is 5.03. The van der Waals surface area contributed by atoms with E-state index in [1.807, 2.05) is 25.3 Å². The van der Waals surface area contributed by atoms with E-state index in [1.165, 1.54) is 23.4 Å². The fraction of sp³-hybridized carbons (Fsp3) is 0.600. The molecule has 1 N–H and O–H groups in total. The van der Waals surface area contributed by atoms with E-state index >= 15 is 0 Å². The zero-order valence-corrected chi connectivity index (χ0v) is 13.9. The normalized spacial score (nSPS) is 15.2. The molecule has 0 bridgehead atoms. The first-order valence-corrected chi connectivity index (χ1v) is 8.26. The molecule has 0 radical (unpaired) electrons. The smallest absolute Gasteiger partial charge is 0.216 e. The van der Waals surface area contributed by atoms with Crippen LogP contribution in [0.25, 0.3) is 0 Å². The number of hydrogen-bond donors (Lipinski definition) is 1. The van der Waals surface area contributed by atoms with Crippen LogP contribution in [0, 0.1) is 6.92 Å². The fourth-order valence-electron chi connectivity index (χ4n) is 3.08. The number of ether oxygens (including phenoxy) is 1. The molecule has 0 spiro atoms. The molecule has 1 atom stereocenters. The molecule has 6 heteroatoms. The number of methoxy groups -OCH3 is 1. The van der Waals surface area contributed by atoms with Crippen molar-refractivity contribution in [3.05, 3.63) is 26.8 Å². The largest absolute Gasteiger partial charge is 0.481 e. The summed E-state index contributed by atoms with van der Waals surface area (Å²) in [7, 11) is 3.62. The Morgan fingerprint density at radius 2 is 2.24 bits per heavy atom. The van der Waals surface area contributed by atoms with Gasteiger partial charge in [-0.25, -0.2) is 9.67 Å². The van der Waals surface area contributed by atoms with E-state index in [2.05, 4.69) is 17.3 Å². The summed E-state index contributed by atoms with van der Waals surface area (Å²) in [6.07, 6.45) is 3.54. The van der Waals surface area contributed by atoms with Gasteiger partial charge in [-0.1, -0.05) is 6.92 Å². The molecule has 0 saturated carbocycles. The van der Waals surface area contributed by atoms with Gasteiger partial charge >= 0.3 is 0 Å². The zero-order valence-electron chi connectivity index (χ0n) is 13.1. The van der Waals surface area contributed by atoms with Gasteiger partial charge in [0.15, 0.2) is 0 Å². The van der Waals surface area contributed by atoms with Gasteiger partial charge in [0.2, 0.25) is 5.88 Å². The lowest BCUT2D eigenvalue weighted by Gasteiger charge is -2.16. The van der Waals surface area contributed by atoms with Crippen LogP contribution in [0.15, 0.2) is 0 Å². The highest BCUT2D eigenvalue weighted by atomic mass is 32.1. The number of aromatic nitrogens is 3. The van der Waals surface area contributed by atoms with Crippen LogP contribution in [0.3, 0.4) is 0 Å². The predicted octanol–water partition coefficient (Wildman–Crippen LogP) is 2.38. The molecule has 5 nitrogen and oxygen atoms in total. The summed E-state index contributed by atoms with van der Waals surface area (Å²) < 4.78 is 7.36. The second kappa shape index (κ2) is 5.77. The first kappa shape index (κ1) is 14.5. The third-order valence-electron chi connectivity index (χ3n) is 3.96. The fourth-order valence-corrected chi connectivity index (χ4v) is 4.32. The number of nitrogens with one attached hydrogen (secondary N) is 1. The van der Waals surface area contributed by atoms with Crippen molar-refractivity contribution in [2.24, 2.45) is 7.05 Å². The van der Waals surface area contributed by atoms with Gasteiger partial charge in [0, 0.05) is 11.9 Å². The van der Waals surface area contributed by atoms with Gasteiger partial charge in [0.05, 0.1) is 30.1 Å². The van der Waals surface area contributed by atoms with Crippen molar-refractivity contribution >= 4 is 11.3 Å². The Bertz CT molecular complexity index is 625. The number of fused-ring (bicyclic) bond motifs is 1. The Labute approximate surface area is 129 Å². The molecule has 3 rings (SSSR count). The summed E-state index contributed by atoms with van der Waals surface area (Å²) >= 11 is 1.84. The molecule has 1 aliphatic carbocycles. The van der Waals surface area contributed by atoms with E-state index in [4.69, 9.17) is 9.72 Å². The van der Waals surface area contributed by atoms with Crippen LogP contribution in [0.4, 0.5) is 0 Å². The molecule has 21 heavy (non-hydrogen) atoms. The van der Waals surface area contributed by atoms with Crippen LogP contribution >= 0.6 is 11.3 Å². The van der Waals surface area contributed by atoms with Gasteiger partial charge in [-0.15, -0.1) is 11.3 Å². The number of rotatable bonds is 5. The maximum atomic E-state index is 5.56. The number of nitrogens with zero attached hydrogens (tertiary/aromatic N) is 3. The highest BCUT2D eigenvalue weighted by Gasteiger charge is 2.28. The van der Waals surface area contributed by atoms with Crippen molar-refractivity contribution in [3.63, 3.8) is 0 Å². The molecule has 0 fully saturated rings. The molecular formula is C15H22N4OS. The van der Waals surface area contributed by atoms with Gasteiger partial charge in [-0.05, 0) is 32.7 Å². The van der Waals surface area contributed by atoms with Crippen LogP contribution in [-0.2, 0) is 19.9 Å². The van der Waals surface area contributed by atoms with E-state index in [0.29, 0.717) is 0 Å². The molecule has 2 aromatic rings. The molecule has 0 amide bonds. The van der Waals surface area contributed by atoms with Crippen LogP contribution in [-0.4, -0.2) is 28.4 Å². The van der Waals surface area contributed by atoms with Gasteiger partial charge < -0.3 is 10.1 Å². The second-order valence-electron chi connectivity index (χ2n) is 5.40. The zero-order chi connectivity index (χ0) is 15.0. The van der Waals surface area contributed by atoms with Crippen molar-refractivity contribution in [2.75, 3.05) is 13.7 Å². The lowest BCUT2D eigenvalue weighted by atomic mass is 10.1. The summed E-state index contributed by atoms with van der Waals surface area (Å²) in [4.78, 5) is 6.33. The van der Waals surface area contributed by atoms with Gasteiger partial charge in [0.25, 0.3) is 0 Å². The third-order valence-corrected chi connectivity index (χ3v) is 5.19. The third kappa shape index (κ3) is 2.46. The van der Waals surface area contributed by atoms with Gasteiger partial charge in [0.1, 0.15) is 5.01 Å². The molecule has 2 heterocycles. The Balaban J connectivity index is 2.05. The first-order chi connectivity index (χ1) is 10.2. The number of hydrogen-bond acceptors (Lipinski definition) is 5. The van der Waals surface area contributed by atoms with Crippen LogP contribution in [0.1, 0.15) is 46.2 Å². The Morgan fingerprint density at radius 1 is 1.43 bits per heavy atom. The summed E-state index contributed by atoms with van der Waals surface area (Å²) in [6, 6.07) is 0.0641. The summed E-state index contributed by atoms with van der Waals surface area (Å²) in [5, 5.41) is 9.18. The first-order valence-electron chi connectivity index (χ1n) is 7.45. The number of thiazole rings is 1. The quantitative estimate of drug-likeness (QED) is 0.921. The van der Waals surface area contributed by atoms with Crippen LogP contribution in [0.5, 0.6) is 5.88 Å². The molecule has 0 aromatic carbocycles. The highest BCUT2D eigenvalue weighted by molar-refractivity contribution is 7.11. The average Bonchev–Trinajstić information content (AvgIpc) is 3.09. The SMILES string of the molecule is CCNC(c1nc2c(s1)CCC2)c1c(C)nn(C)c1OC. The topological polar surface area (TPSA) is 52.0 Å². The average molecular weight is 306 g/mol. The van der Waals surface area contributed by atoms with Gasteiger partial charge in [-0.3, -0.25) is 0 Å². The lowest BCUT2D eigenvalue weighted by molar-refractivity contribution is 0.365. The molecular weight excluding hydrogens is 284 g/mol. The van der Waals surface area contributed by atoms with E-state index in [9.17, 15) is 0 Å². The standard InChI is InChI=1S/C15H22N4OS/c1-5-16-13(12-9(2)18-19(3)15(12)20-4)14-17-10-7-6-8-11(10)21-14/h13,16H,5-8H2,1-4H3. The Kier molecular flexibility index (Phi) is 3.99. The van der Waals surface area contributed by atoms with Crippen molar-refractivity contribution in [1.82, 2.24) is 20.1 Å². The van der Waals surface area contributed by atoms with Gasteiger partial charge in [-0.2, -0.15) is 5.10 Å². The minimum Gasteiger partial charge on any atom is -0.481 e. The maximum absolute atomic E-state index is 5.56. The van der Waals surface area contributed by atoms with Crippen molar-refractivity contribution in [3.8, 4) is 5.88 Å².